The highest BCUT2D eigenvalue weighted by atomic mass is 16.5. The second kappa shape index (κ2) is 7.24. The third-order valence-corrected chi connectivity index (χ3v) is 6.21. The van der Waals surface area contributed by atoms with Crippen LogP contribution >= 0.6 is 0 Å². The fraction of sp³-hybridized carbons (Fsp3) is 0.650. The minimum atomic E-state index is -0.200. The molecule has 5 nitrogen and oxygen atoms in total. The van der Waals surface area contributed by atoms with Gasteiger partial charge in [0.05, 0.1) is 18.8 Å². The number of aliphatic hydroxyl groups is 1. The van der Waals surface area contributed by atoms with Crippen molar-refractivity contribution in [2.75, 3.05) is 6.61 Å². The normalized spacial score (nSPS) is 34.2. The third kappa shape index (κ3) is 3.61. The van der Waals surface area contributed by atoms with Crippen molar-refractivity contribution in [3.63, 3.8) is 0 Å². The highest BCUT2D eigenvalue weighted by Crippen LogP contribution is 2.40. The van der Waals surface area contributed by atoms with E-state index in [1.54, 1.807) is 0 Å². The Kier molecular flexibility index (Phi) is 4.84. The number of aliphatic hydroxyl groups excluding tert-OH is 1. The highest BCUT2D eigenvalue weighted by molar-refractivity contribution is 5.75. The van der Waals surface area contributed by atoms with Crippen molar-refractivity contribution in [3.05, 3.63) is 29.8 Å². The SMILES string of the molecule is O=C(NC1CCCC2CCC(O)CC21)N[C@H]1CCOc2ccccc21. The molecule has 1 heterocycles. The van der Waals surface area contributed by atoms with E-state index in [0.29, 0.717) is 18.4 Å². The first kappa shape index (κ1) is 16.7. The number of benzene rings is 1. The van der Waals surface area contributed by atoms with E-state index in [-0.39, 0.29) is 24.2 Å². The van der Waals surface area contributed by atoms with Crippen LogP contribution in [0.2, 0.25) is 0 Å². The van der Waals surface area contributed by atoms with Crippen molar-refractivity contribution >= 4 is 6.03 Å². The van der Waals surface area contributed by atoms with Crippen LogP contribution in [-0.4, -0.2) is 29.9 Å². The lowest BCUT2D eigenvalue weighted by Gasteiger charge is -2.43. The Morgan fingerprint density at radius 2 is 1.96 bits per heavy atom. The molecule has 3 aliphatic rings. The number of rotatable bonds is 2. The van der Waals surface area contributed by atoms with Crippen molar-refractivity contribution in [1.29, 1.82) is 0 Å². The second-order valence-electron chi connectivity index (χ2n) is 7.77. The van der Waals surface area contributed by atoms with Gasteiger partial charge in [-0.25, -0.2) is 4.79 Å². The quantitative estimate of drug-likeness (QED) is 0.772. The summed E-state index contributed by atoms with van der Waals surface area (Å²) in [5, 5.41) is 16.4. The van der Waals surface area contributed by atoms with E-state index in [0.717, 1.165) is 43.4 Å². The van der Waals surface area contributed by atoms with Crippen LogP contribution in [0.5, 0.6) is 5.75 Å². The van der Waals surface area contributed by atoms with Gasteiger partial charge in [-0.3, -0.25) is 0 Å². The maximum Gasteiger partial charge on any atom is 0.315 e. The summed E-state index contributed by atoms with van der Waals surface area (Å²) in [6, 6.07) is 8.01. The zero-order valence-corrected chi connectivity index (χ0v) is 14.6. The molecule has 2 aliphatic carbocycles. The van der Waals surface area contributed by atoms with Gasteiger partial charge in [-0.2, -0.15) is 0 Å². The number of fused-ring (bicyclic) bond motifs is 2. The van der Waals surface area contributed by atoms with Crippen LogP contribution in [0, 0.1) is 11.8 Å². The summed E-state index contributed by atoms with van der Waals surface area (Å²) in [6.45, 7) is 0.627. The van der Waals surface area contributed by atoms with Crippen molar-refractivity contribution in [1.82, 2.24) is 10.6 Å². The fourth-order valence-corrected chi connectivity index (χ4v) is 4.95. The molecule has 1 aromatic carbocycles. The van der Waals surface area contributed by atoms with Crippen LogP contribution in [0.1, 0.15) is 56.6 Å². The lowest BCUT2D eigenvalue weighted by molar-refractivity contribution is 0.0334. The third-order valence-electron chi connectivity index (χ3n) is 6.21. The number of amides is 2. The zero-order valence-electron chi connectivity index (χ0n) is 14.6. The van der Waals surface area contributed by atoms with Gasteiger partial charge in [0.2, 0.25) is 0 Å². The Hall–Kier alpha value is -1.75. The molecule has 5 heteroatoms. The predicted octanol–water partition coefficient (Wildman–Crippen LogP) is 3.14. The lowest BCUT2D eigenvalue weighted by atomic mass is 9.67. The first-order chi connectivity index (χ1) is 12.2. The number of hydrogen-bond acceptors (Lipinski definition) is 3. The fourth-order valence-electron chi connectivity index (χ4n) is 4.95. The molecule has 1 aliphatic heterocycles. The average molecular weight is 344 g/mol. The van der Waals surface area contributed by atoms with Crippen LogP contribution in [0.3, 0.4) is 0 Å². The van der Waals surface area contributed by atoms with E-state index in [2.05, 4.69) is 10.6 Å². The lowest BCUT2D eigenvalue weighted by Crippen LogP contribution is -2.51. The molecule has 25 heavy (non-hydrogen) atoms. The molecule has 1 aromatic rings. The molecule has 2 fully saturated rings. The number of carbonyl (C=O) groups is 1. The largest absolute Gasteiger partial charge is 0.493 e. The Morgan fingerprint density at radius 1 is 1.08 bits per heavy atom. The first-order valence-electron chi connectivity index (χ1n) is 9.67. The molecule has 4 rings (SSSR count). The minimum absolute atomic E-state index is 0.00119. The van der Waals surface area contributed by atoms with E-state index in [1.807, 2.05) is 24.3 Å². The van der Waals surface area contributed by atoms with Gasteiger partial charge >= 0.3 is 6.03 Å². The van der Waals surface area contributed by atoms with E-state index in [9.17, 15) is 9.90 Å². The van der Waals surface area contributed by atoms with E-state index >= 15 is 0 Å². The number of ether oxygens (including phenoxy) is 1. The molecule has 4 unspecified atom stereocenters. The molecule has 3 N–H and O–H groups in total. The number of urea groups is 1. The van der Waals surface area contributed by atoms with Crippen LogP contribution < -0.4 is 15.4 Å². The Labute approximate surface area is 149 Å². The maximum absolute atomic E-state index is 12.6. The molecule has 2 saturated carbocycles. The molecule has 2 amide bonds. The van der Waals surface area contributed by atoms with Gasteiger partial charge < -0.3 is 20.5 Å². The van der Waals surface area contributed by atoms with Gasteiger partial charge in [0, 0.05) is 18.0 Å². The average Bonchev–Trinajstić information content (AvgIpc) is 2.62. The Morgan fingerprint density at radius 3 is 2.88 bits per heavy atom. The Bertz CT molecular complexity index is 621. The molecule has 5 atom stereocenters. The van der Waals surface area contributed by atoms with Gasteiger partial charge in [-0.1, -0.05) is 31.0 Å². The summed E-state index contributed by atoms with van der Waals surface area (Å²) < 4.78 is 5.67. The van der Waals surface area contributed by atoms with Gasteiger partial charge in [0.15, 0.2) is 0 Å². The summed E-state index contributed by atoms with van der Waals surface area (Å²) in [4.78, 5) is 12.6. The molecule has 0 saturated heterocycles. The van der Waals surface area contributed by atoms with Crippen molar-refractivity contribution in [3.8, 4) is 5.75 Å². The topological polar surface area (TPSA) is 70.6 Å². The number of carbonyl (C=O) groups excluding carboxylic acids is 1. The Balaban J connectivity index is 1.39. The molecular weight excluding hydrogens is 316 g/mol. The van der Waals surface area contributed by atoms with E-state index in [1.165, 1.54) is 12.8 Å². The van der Waals surface area contributed by atoms with Crippen LogP contribution in [-0.2, 0) is 0 Å². The van der Waals surface area contributed by atoms with Gasteiger partial charge in [-0.15, -0.1) is 0 Å². The maximum atomic E-state index is 12.6. The van der Waals surface area contributed by atoms with Crippen LogP contribution in [0.4, 0.5) is 4.79 Å². The summed E-state index contributed by atoms with van der Waals surface area (Å²) in [6.07, 6.45) is 6.86. The van der Waals surface area contributed by atoms with E-state index in [4.69, 9.17) is 4.74 Å². The monoisotopic (exact) mass is 344 g/mol. The molecular formula is C20H28N2O3. The molecule has 0 radical (unpaired) electrons. The smallest absolute Gasteiger partial charge is 0.315 e. The van der Waals surface area contributed by atoms with Gasteiger partial charge in [0.1, 0.15) is 5.75 Å². The van der Waals surface area contributed by atoms with E-state index < -0.39 is 0 Å². The van der Waals surface area contributed by atoms with Crippen molar-refractivity contribution < 1.29 is 14.6 Å². The number of para-hydroxylation sites is 1. The predicted molar refractivity (Wildman–Crippen MR) is 95.4 cm³/mol. The van der Waals surface area contributed by atoms with Gasteiger partial charge in [0.25, 0.3) is 0 Å². The van der Waals surface area contributed by atoms with Crippen LogP contribution in [0.25, 0.3) is 0 Å². The summed E-state index contributed by atoms with van der Waals surface area (Å²) in [5.41, 5.74) is 1.05. The molecule has 0 aromatic heterocycles. The first-order valence-corrected chi connectivity index (χ1v) is 9.67. The molecule has 136 valence electrons. The van der Waals surface area contributed by atoms with Crippen molar-refractivity contribution in [2.45, 2.75) is 63.1 Å². The van der Waals surface area contributed by atoms with Crippen molar-refractivity contribution in [2.24, 2.45) is 11.8 Å². The standard InChI is InChI=1S/C20H28N2O3/c23-14-9-8-13-4-3-6-17(16(13)12-14)21-20(24)22-18-10-11-25-19-7-2-1-5-15(18)19/h1-2,5,7,13-14,16-18,23H,3-4,6,8-12H2,(H2,21,22,24)/t13?,14?,16?,17?,18-/m0/s1. The summed E-state index contributed by atoms with van der Waals surface area (Å²) in [7, 11) is 0. The number of hydrogen-bond donors (Lipinski definition) is 3. The summed E-state index contributed by atoms with van der Waals surface area (Å²) >= 11 is 0. The van der Waals surface area contributed by atoms with Gasteiger partial charge in [-0.05, 0) is 43.6 Å². The van der Waals surface area contributed by atoms with Crippen LogP contribution in [0.15, 0.2) is 24.3 Å². The zero-order chi connectivity index (χ0) is 17.2. The molecule has 0 bridgehead atoms. The highest BCUT2D eigenvalue weighted by Gasteiger charge is 2.38. The summed E-state index contributed by atoms with van der Waals surface area (Å²) in [5.74, 6) is 1.95. The minimum Gasteiger partial charge on any atom is -0.493 e. The second-order valence-corrected chi connectivity index (χ2v) is 7.77. The number of nitrogens with one attached hydrogen (secondary N) is 2. The molecule has 0 spiro atoms.